The van der Waals surface area contributed by atoms with Gasteiger partial charge in [0.25, 0.3) is 5.91 Å². The first-order chi connectivity index (χ1) is 7.68. The van der Waals surface area contributed by atoms with Gasteiger partial charge in [-0.05, 0) is 18.6 Å². The number of hydrogen-bond donors (Lipinski definition) is 1. The molecule has 0 spiro atoms. The van der Waals surface area contributed by atoms with Crippen molar-refractivity contribution in [3.05, 3.63) is 30.1 Å². The summed E-state index contributed by atoms with van der Waals surface area (Å²) in [6, 6.07) is 3.09. The highest BCUT2D eigenvalue weighted by Crippen LogP contribution is 2.13. The van der Waals surface area contributed by atoms with Gasteiger partial charge in [-0.2, -0.15) is 0 Å². The number of amides is 2. The normalized spacial score (nSPS) is 20.9. The fourth-order valence-electron chi connectivity index (χ4n) is 1.72. The van der Waals surface area contributed by atoms with Crippen LogP contribution in [-0.2, 0) is 4.79 Å². The minimum absolute atomic E-state index is 0.117. The zero-order valence-electron chi connectivity index (χ0n) is 8.80. The zero-order chi connectivity index (χ0) is 11.5. The van der Waals surface area contributed by atoms with Crippen LogP contribution in [-0.4, -0.2) is 34.3 Å². The van der Waals surface area contributed by atoms with Crippen LogP contribution < -0.4 is 5.73 Å². The van der Waals surface area contributed by atoms with Crippen molar-refractivity contribution in [2.75, 3.05) is 6.54 Å². The molecular weight excluding hydrogens is 206 g/mol. The quantitative estimate of drug-likeness (QED) is 0.683. The molecule has 1 aromatic rings. The van der Waals surface area contributed by atoms with Crippen LogP contribution in [0.15, 0.2) is 24.5 Å². The Morgan fingerprint density at radius 2 is 2.12 bits per heavy atom. The van der Waals surface area contributed by atoms with Gasteiger partial charge in [0.1, 0.15) is 0 Å². The topological polar surface area (TPSA) is 76.3 Å². The lowest BCUT2D eigenvalue weighted by molar-refractivity contribution is -0.130. The summed E-state index contributed by atoms with van der Waals surface area (Å²) < 4.78 is 0. The highest BCUT2D eigenvalue weighted by Gasteiger charge is 2.28. The van der Waals surface area contributed by atoms with E-state index in [1.807, 2.05) is 0 Å². The largest absolute Gasteiger partial charge is 0.327 e. The maximum atomic E-state index is 12.0. The van der Waals surface area contributed by atoms with E-state index in [-0.39, 0.29) is 24.3 Å². The molecule has 1 saturated heterocycles. The van der Waals surface area contributed by atoms with Crippen molar-refractivity contribution in [1.82, 2.24) is 9.88 Å². The number of hydrogen-bond acceptors (Lipinski definition) is 4. The lowest BCUT2D eigenvalue weighted by Gasteiger charge is -2.28. The molecule has 1 aromatic heterocycles. The van der Waals surface area contributed by atoms with Gasteiger partial charge < -0.3 is 5.73 Å². The Morgan fingerprint density at radius 3 is 2.75 bits per heavy atom. The molecule has 0 bridgehead atoms. The molecule has 16 heavy (non-hydrogen) atoms. The lowest BCUT2D eigenvalue weighted by atomic mass is 10.0. The molecule has 5 nitrogen and oxygen atoms in total. The van der Waals surface area contributed by atoms with Crippen molar-refractivity contribution in [3.63, 3.8) is 0 Å². The number of carbonyl (C=O) groups is 2. The number of imide groups is 1. The van der Waals surface area contributed by atoms with E-state index in [9.17, 15) is 9.59 Å². The Hall–Kier alpha value is -1.75. The smallest absolute Gasteiger partial charge is 0.260 e. The Kier molecular flexibility index (Phi) is 2.96. The molecule has 1 aliphatic heterocycles. The van der Waals surface area contributed by atoms with E-state index >= 15 is 0 Å². The number of aromatic nitrogens is 1. The van der Waals surface area contributed by atoms with Crippen LogP contribution in [0.4, 0.5) is 0 Å². The Labute approximate surface area is 93.3 Å². The van der Waals surface area contributed by atoms with Crippen LogP contribution in [0.5, 0.6) is 0 Å². The number of likely N-dealkylation sites (tertiary alicyclic amines) is 1. The number of nitrogens with zero attached hydrogens (tertiary/aromatic N) is 2. The average molecular weight is 219 g/mol. The standard InChI is InChI=1S/C11H13N3O2/c12-9-3-6-14(10(15)7-9)11(16)8-1-4-13-5-2-8/h1-2,4-5,9H,3,6-7,12H2. The van der Waals surface area contributed by atoms with Gasteiger partial charge in [-0.3, -0.25) is 19.5 Å². The summed E-state index contributed by atoms with van der Waals surface area (Å²) in [5.41, 5.74) is 6.14. The Bertz CT molecular complexity index is 405. The summed E-state index contributed by atoms with van der Waals surface area (Å²) in [5, 5.41) is 0. The van der Waals surface area contributed by atoms with Gasteiger partial charge in [0.05, 0.1) is 0 Å². The molecule has 2 heterocycles. The van der Waals surface area contributed by atoms with Crippen molar-refractivity contribution >= 4 is 11.8 Å². The number of carbonyl (C=O) groups excluding carboxylic acids is 2. The van der Waals surface area contributed by atoms with Gasteiger partial charge in [0.2, 0.25) is 5.91 Å². The minimum Gasteiger partial charge on any atom is -0.327 e. The Balaban J connectivity index is 2.14. The second-order valence-corrected chi connectivity index (χ2v) is 3.84. The van der Waals surface area contributed by atoms with E-state index < -0.39 is 0 Å². The predicted octanol–water partition coefficient (Wildman–Crippen LogP) is 0.171. The van der Waals surface area contributed by atoms with Crippen molar-refractivity contribution in [2.45, 2.75) is 18.9 Å². The molecule has 5 heteroatoms. The molecule has 2 rings (SSSR count). The van der Waals surface area contributed by atoms with E-state index in [1.165, 1.54) is 17.3 Å². The third-order valence-electron chi connectivity index (χ3n) is 2.63. The number of rotatable bonds is 1. The molecule has 84 valence electrons. The van der Waals surface area contributed by atoms with Crippen LogP contribution in [0.2, 0.25) is 0 Å². The van der Waals surface area contributed by atoms with Gasteiger partial charge >= 0.3 is 0 Å². The first kappa shape index (κ1) is 10.8. The summed E-state index contributed by atoms with van der Waals surface area (Å²) >= 11 is 0. The van der Waals surface area contributed by atoms with Gasteiger partial charge in [0.15, 0.2) is 0 Å². The molecule has 1 unspecified atom stereocenters. The molecule has 0 aliphatic carbocycles. The van der Waals surface area contributed by atoms with Crippen molar-refractivity contribution < 1.29 is 9.59 Å². The molecule has 1 fully saturated rings. The first-order valence-corrected chi connectivity index (χ1v) is 5.19. The highest BCUT2D eigenvalue weighted by molar-refractivity contribution is 6.05. The molecule has 1 atom stereocenters. The summed E-state index contributed by atoms with van der Waals surface area (Å²) in [5.74, 6) is -0.458. The summed E-state index contributed by atoms with van der Waals surface area (Å²) in [7, 11) is 0. The van der Waals surface area contributed by atoms with Gasteiger partial charge in [-0.25, -0.2) is 0 Å². The lowest BCUT2D eigenvalue weighted by Crippen LogP contribution is -2.46. The molecule has 0 aromatic carbocycles. The predicted molar refractivity (Wildman–Crippen MR) is 57.5 cm³/mol. The number of nitrogens with two attached hydrogens (primary N) is 1. The van der Waals surface area contributed by atoms with Crippen molar-refractivity contribution in [1.29, 1.82) is 0 Å². The molecule has 2 amide bonds. The highest BCUT2D eigenvalue weighted by atomic mass is 16.2. The van der Waals surface area contributed by atoms with Gasteiger partial charge in [-0.1, -0.05) is 0 Å². The number of pyridine rings is 1. The summed E-state index contributed by atoms with van der Waals surface area (Å²) in [6.45, 7) is 0.404. The molecule has 0 radical (unpaired) electrons. The SMILES string of the molecule is NC1CCN(C(=O)c2ccncc2)C(=O)C1. The molecule has 2 N–H and O–H groups in total. The zero-order valence-corrected chi connectivity index (χ0v) is 8.80. The number of piperidine rings is 1. The monoisotopic (exact) mass is 219 g/mol. The van der Waals surface area contributed by atoms with E-state index in [1.54, 1.807) is 12.1 Å². The third kappa shape index (κ3) is 2.09. The van der Waals surface area contributed by atoms with Crippen LogP contribution >= 0.6 is 0 Å². The second-order valence-electron chi connectivity index (χ2n) is 3.84. The van der Waals surface area contributed by atoms with Crippen LogP contribution in [0.25, 0.3) is 0 Å². The van der Waals surface area contributed by atoms with Crippen LogP contribution in [0.3, 0.4) is 0 Å². The van der Waals surface area contributed by atoms with Crippen LogP contribution in [0, 0.1) is 0 Å². The second kappa shape index (κ2) is 4.40. The van der Waals surface area contributed by atoms with E-state index in [0.29, 0.717) is 18.5 Å². The average Bonchev–Trinajstić information content (AvgIpc) is 2.29. The Morgan fingerprint density at radius 1 is 1.44 bits per heavy atom. The first-order valence-electron chi connectivity index (χ1n) is 5.19. The molecular formula is C11H13N3O2. The maximum absolute atomic E-state index is 12.0. The molecule has 0 saturated carbocycles. The van der Waals surface area contributed by atoms with Gasteiger partial charge in [-0.15, -0.1) is 0 Å². The van der Waals surface area contributed by atoms with Gasteiger partial charge in [0, 0.05) is 37.0 Å². The van der Waals surface area contributed by atoms with E-state index in [2.05, 4.69) is 4.98 Å². The molecule has 1 aliphatic rings. The summed E-state index contributed by atoms with van der Waals surface area (Å²) in [6.07, 6.45) is 3.99. The van der Waals surface area contributed by atoms with Crippen LogP contribution in [0.1, 0.15) is 23.2 Å². The van der Waals surface area contributed by atoms with Crippen molar-refractivity contribution in [2.24, 2.45) is 5.73 Å². The summed E-state index contributed by atoms with van der Waals surface area (Å²) in [4.78, 5) is 28.7. The van der Waals surface area contributed by atoms with E-state index in [4.69, 9.17) is 5.73 Å². The fraction of sp³-hybridized carbons (Fsp3) is 0.364. The van der Waals surface area contributed by atoms with Crippen molar-refractivity contribution in [3.8, 4) is 0 Å². The third-order valence-corrected chi connectivity index (χ3v) is 2.63. The minimum atomic E-state index is -0.265. The fourth-order valence-corrected chi connectivity index (χ4v) is 1.72. The van der Waals surface area contributed by atoms with E-state index in [0.717, 1.165) is 0 Å². The maximum Gasteiger partial charge on any atom is 0.260 e.